The van der Waals surface area contributed by atoms with E-state index in [2.05, 4.69) is 11.8 Å². The maximum Gasteiger partial charge on any atom is 0.272 e. The molecule has 0 N–H and O–H groups in total. The molecule has 0 aromatic carbocycles. The van der Waals surface area contributed by atoms with Crippen molar-refractivity contribution in [2.75, 3.05) is 39.3 Å². The third kappa shape index (κ3) is 3.86. The van der Waals surface area contributed by atoms with Gasteiger partial charge in [0.05, 0.1) is 0 Å². The lowest BCUT2D eigenvalue weighted by Gasteiger charge is -2.29. The van der Waals surface area contributed by atoms with Gasteiger partial charge in [0.1, 0.15) is 0 Å². The summed E-state index contributed by atoms with van der Waals surface area (Å²) in [5, 5.41) is 0. The molecule has 21 heavy (non-hydrogen) atoms. The Morgan fingerprint density at radius 2 is 1.86 bits per heavy atom. The lowest BCUT2D eigenvalue weighted by atomic mass is 10.0. The zero-order chi connectivity index (χ0) is 15.6. The zero-order valence-corrected chi connectivity index (χ0v) is 13.4. The molecule has 2 aliphatic rings. The van der Waals surface area contributed by atoms with Crippen molar-refractivity contribution >= 4 is 23.4 Å². The molecule has 2 fully saturated rings. The van der Waals surface area contributed by atoms with Gasteiger partial charge in [0.25, 0.3) is 11.5 Å². The highest BCUT2D eigenvalue weighted by atomic mass is 35.5. The van der Waals surface area contributed by atoms with Crippen molar-refractivity contribution in [2.45, 2.75) is 31.9 Å². The molecule has 0 aliphatic carbocycles. The summed E-state index contributed by atoms with van der Waals surface area (Å²) in [6.45, 7) is 7.94. The SMILES string of the molecule is CC(=O)N1CCCN(C2CN(C(=O)C(F)Cl)CC2C)CC1. The minimum absolute atomic E-state index is 0.107. The van der Waals surface area contributed by atoms with E-state index in [1.807, 2.05) is 4.90 Å². The third-order valence-electron chi connectivity index (χ3n) is 4.52. The van der Waals surface area contributed by atoms with Crippen LogP contribution in [0.1, 0.15) is 20.3 Å². The van der Waals surface area contributed by atoms with Crippen molar-refractivity contribution in [1.29, 1.82) is 0 Å². The summed E-state index contributed by atoms with van der Waals surface area (Å²) in [6.07, 6.45) is 0.929. The Hall–Kier alpha value is -0.880. The monoisotopic (exact) mass is 319 g/mol. The minimum Gasteiger partial charge on any atom is -0.342 e. The Kier molecular flexibility index (Phi) is 5.43. The van der Waals surface area contributed by atoms with Crippen molar-refractivity contribution in [3.8, 4) is 0 Å². The Bertz CT molecular complexity index is 408. The summed E-state index contributed by atoms with van der Waals surface area (Å²) >= 11 is 5.25. The molecule has 0 bridgehead atoms. The van der Waals surface area contributed by atoms with Gasteiger partial charge in [-0.15, -0.1) is 0 Å². The smallest absolute Gasteiger partial charge is 0.272 e. The molecule has 2 amide bonds. The fraction of sp³-hybridized carbons (Fsp3) is 0.857. The first-order chi connectivity index (χ1) is 9.90. The van der Waals surface area contributed by atoms with Crippen LogP contribution >= 0.6 is 11.6 Å². The maximum absolute atomic E-state index is 13.0. The largest absolute Gasteiger partial charge is 0.342 e. The second kappa shape index (κ2) is 6.92. The van der Waals surface area contributed by atoms with Gasteiger partial charge in [0.2, 0.25) is 5.91 Å². The van der Waals surface area contributed by atoms with Crippen LogP contribution in [0.2, 0.25) is 0 Å². The topological polar surface area (TPSA) is 43.9 Å². The Labute approximate surface area is 130 Å². The van der Waals surface area contributed by atoms with E-state index < -0.39 is 11.5 Å². The highest BCUT2D eigenvalue weighted by molar-refractivity contribution is 6.29. The molecule has 2 heterocycles. The highest BCUT2D eigenvalue weighted by Crippen LogP contribution is 2.24. The van der Waals surface area contributed by atoms with E-state index >= 15 is 0 Å². The van der Waals surface area contributed by atoms with Crippen molar-refractivity contribution < 1.29 is 14.0 Å². The van der Waals surface area contributed by atoms with Crippen molar-refractivity contribution in [3.63, 3.8) is 0 Å². The second-order valence-electron chi connectivity index (χ2n) is 5.98. The molecule has 0 radical (unpaired) electrons. The molecule has 3 unspecified atom stereocenters. The average molecular weight is 320 g/mol. The van der Waals surface area contributed by atoms with E-state index in [0.717, 1.165) is 26.1 Å². The van der Waals surface area contributed by atoms with Gasteiger partial charge >= 0.3 is 0 Å². The molecular formula is C14H23ClFN3O2. The molecule has 0 aromatic heterocycles. The number of hydrogen-bond donors (Lipinski definition) is 0. The Morgan fingerprint density at radius 3 is 2.48 bits per heavy atom. The van der Waals surface area contributed by atoms with Crippen LogP contribution in [0.25, 0.3) is 0 Å². The molecule has 0 aromatic rings. The fourth-order valence-electron chi connectivity index (χ4n) is 3.33. The molecule has 0 saturated carbocycles. The van der Waals surface area contributed by atoms with Crippen LogP contribution in [0.4, 0.5) is 4.39 Å². The van der Waals surface area contributed by atoms with Crippen LogP contribution < -0.4 is 0 Å². The first-order valence-corrected chi connectivity index (χ1v) is 7.90. The van der Waals surface area contributed by atoms with Crippen LogP contribution in [-0.4, -0.2) is 77.5 Å². The predicted molar refractivity (Wildman–Crippen MR) is 78.7 cm³/mol. The van der Waals surface area contributed by atoms with Crippen LogP contribution in [0.5, 0.6) is 0 Å². The second-order valence-corrected chi connectivity index (χ2v) is 6.37. The molecule has 5 nitrogen and oxygen atoms in total. The quantitative estimate of drug-likeness (QED) is 0.711. The van der Waals surface area contributed by atoms with Crippen molar-refractivity contribution in [3.05, 3.63) is 0 Å². The van der Waals surface area contributed by atoms with E-state index in [1.54, 1.807) is 6.92 Å². The maximum atomic E-state index is 13.0. The normalized spacial score (nSPS) is 29.3. The van der Waals surface area contributed by atoms with E-state index in [-0.39, 0.29) is 17.9 Å². The fourth-order valence-corrected chi connectivity index (χ4v) is 3.46. The van der Waals surface area contributed by atoms with Crippen molar-refractivity contribution in [2.24, 2.45) is 5.92 Å². The predicted octanol–water partition coefficient (Wildman–Crippen LogP) is 0.922. The number of halogens is 2. The lowest BCUT2D eigenvalue weighted by Crippen LogP contribution is -2.43. The minimum atomic E-state index is -1.95. The van der Waals surface area contributed by atoms with E-state index in [0.29, 0.717) is 19.6 Å². The van der Waals surface area contributed by atoms with Gasteiger partial charge in [-0.3, -0.25) is 14.5 Å². The van der Waals surface area contributed by atoms with Crippen LogP contribution in [0.15, 0.2) is 0 Å². The van der Waals surface area contributed by atoms with Gasteiger partial charge in [-0.1, -0.05) is 18.5 Å². The number of alkyl halides is 2. The molecule has 0 spiro atoms. The van der Waals surface area contributed by atoms with Crippen LogP contribution in [0.3, 0.4) is 0 Å². The summed E-state index contributed by atoms with van der Waals surface area (Å²) < 4.78 is 13.0. The van der Waals surface area contributed by atoms with E-state index in [1.165, 1.54) is 4.90 Å². The lowest BCUT2D eigenvalue weighted by molar-refractivity contribution is -0.132. The van der Waals surface area contributed by atoms with Crippen molar-refractivity contribution in [1.82, 2.24) is 14.7 Å². The van der Waals surface area contributed by atoms with Gasteiger partial charge in [-0.25, -0.2) is 4.39 Å². The first kappa shape index (κ1) is 16.5. The summed E-state index contributed by atoms with van der Waals surface area (Å²) in [6, 6.07) is 0.219. The Morgan fingerprint density at radius 1 is 1.14 bits per heavy atom. The molecule has 2 aliphatic heterocycles. The number of rotatable bonds is 2. The van der Waals surface area contributed by atoms with Gasteiger partial charge in [0.15, 0.2) is 0 Å². The zero-order valence-electron chi connectivity index (χ0n) is 12.6. The molecule has 2 rings (SSSR count). The third-order valence-corrected chi connectivity index (χ3v) is 4.70. The highest BCUT2D eigenvalue weighted by Gasteiger charge is 2.38. The van der Waals surface area contributed by atoms with E-state index in [9.17, 15) is 14.0 Å². The van der Waals surface area contributed by atoms with Gasteiger partial charge < -0.3 is 9.80 Å². The van der Waals surface area contributed by atoms with E-state index in [4.69, 9.17) is 11.6 Å². The molecule has 2 saturated heterocycles. The number of amides is 2. The number of hydrogen-bond acceptors (Lipinski definition) is 3. The first-order valence-electron chi connectivity index (χ1n) is 7.46. The molecule has 7 heteroatoms. The van der Waals surface area contributed by atoms with Gasteiger partial charge in [-0.2, -0.15) is 0 Å². The molecular weight excluding hydrogens is 297 g/mol. The Balaban J connectivity index is 1.95. The number of carbonyl (C=O) groups excluding carboxylic acids is 2. The number of nitrogens with zero attached hydrogens (tertiary/aromatic N) is 3. The summed E-state index contributed by atoms with van der Waals surface area (Å²) in [5.74, 6) is -0.241. The van der Waals surface area contributed by atoms with Gasteiger partial charge in [0, 0.05) is 52.2 Å². The number of carbonyl (C=O) groups is 2. The average Bonchev–Trinajstić information content (AvgIpc) is 2.65. The number of likely N-dealkylation sites (tertiary alicyclic amines) is 1. The molecule has 120 valence electrons. The summed E-state index contributed by atoms with van der Waals surface area (Å²) in [5.41, 5.74) is -1.95. The standard InChI is InChI=1S/C14H23ClFN3O2/c1-10-8-19(14(21)13(15)16)9-12(10)18-5-3-4-17(6-7-18)11(2)20/h10,12-13H,3-9H2,1-2H3. The van der Waals surface area contributed by atoms with Crippen LogP contribution in [-0.2, 0) is 9.59 Å². The van der Waals surface area contributed by atoms with Crippen LogP contribution in [0, 0.1) is 5.92 Å². The van der Waals surface area contributed by atoms with Gasteiger partial charge in [-0.05, 0) is 12.3 Å². The molecule has 3 atom stereocenters. The summed E-state index contributed by atoms with van der Waals surface area (Å²) in [7, 11) is 0. The summed E-state index contributed by atoms with van der Waals surface area (Å²) in [4.78, 5) is 28.8.